The number of aryl methyl sites for hydroxylation is 1. The Kier molecular flexibility index (Phi) is 4.40. The third-order valence-electron chi connectivity index (χ3n) is 2.95. The van der Waals surface area contributed by atoms with Gasteiger partial charge < -0.3 is 4.74 Å². The van der Waals surface area contributed by atoms with E-state index in [4.69, 9.17) is 16.3 Å². The van der Waals surface area contributed by atoms with E-state index >= 15 is 0 Å². The average molecular weight is 293 g/mol. The topological polar surface area (TPSA) is 26.3 Å². The summed E-state index contributed by atoms with van der Waals surface area (Å²) in [5.74, 6) is -0.240. The molecular formula is C16H14ClFO2. The number of carbonyl (C=O) groups excluding carboxylic acids is 1. The summed E-state index contributed by atoms with van der Waals surface area (Å²) in [6.07, 6.45) is 0. The molecule has 0 spiro atoms. The van der Waals surface area contributed by atoms with Crippen LogP contribution in [0.1, 0.15) is 28.4 Å². The van der Waals surface area contributed by atoms with Crippen molar-refractivity contribution in [1.29, 1.82) is 0 Å². The van der Waals surface area contributed by atoms with E-state index in [1.54, 1.807) is 25.1 Å². The minimum absolute atomic E-state index is 0.227. The lowest BCUT2D eigenvalue weighted by Gasteiger charge is -2.11. The largest absolute Gasteiger partial charge is 0.488 e. The van der Waals surface area contributed by atoms with Crippen molar-refractivity contribution >= 4 is 17.4 Å². The maximum absolute atomic E-state index is 13.5. The molecule has 20 heavy (non-hydrogen) atoms. The molecule has 0 saturated heterocycles. The highest BCUT2D eigenvalue weighted by molar-refractivity contribution is 6.30. The minimum atomic E-state index is -0.408. The van der Waals surface area contributed by atoms with Crippen molar-refractivity contribution in [2.75, 3.05) is 0 Å². The Morgan fingerprint density at radius 2 is 1.90 bits per heavy atom. The fraction of sp³-hybridized carbons (Fsp3) is 0.188. The van der Waals surface area contributed by atoms with Gasteiger partial charge in [0.15, 0.2) is 5.78 Å². The summed E-state index contributed by atoms with van der Waals surface area (Å²) in [5, 5.41) is 0.649. The first-order chi connectivity index (χ1) is 9.47. The molecule has 2 rings (SSSR count). The summed E-state index contributed by atoms with van der Waals surface area (Å²) in [6.45, 7) is 3.32. The van der Waals surface area contributed by atoms with Crippen LogP contribution in [0.3, 0.4) is 0 Å². The minimum Gasteiger partial charge on any atom is -0.488 e. The summed E-state index contributed by atoms with van der Waals surface area (Å²) in [7, 11) is 0. The predicted octanol–water partition coefficient (Wildman–Crippen LogP) is 4.57. The number of Topliss-reactive ketones (excluding diaryl/α,β-unsaturated/α-hetero) is 1. The first kappa shape index (κ1) is 14.5. The molecule has 0 N–H and O–H groups in total. The van der Waals surface area contributed by atoms with Crippen LogP contribution < -0.4 is 4.74 Å². The normalized spacial score (nSPS) is 10.4. The summed E-state index contributed by atoms with van der Waals surface area (Å²) < 4.78 is 19.1. The zero-order valence-electron chi connectivity index (χ0n) is 11.2. The maximum Gasteiger partial charge on any atom is 0.163 e. The molecule has 0 unspecified atom stereocenters. The second-order valence-corrected chi connectivity index (χ2v) is 5.01. The Hall–Kier alpha value is -1.87. The third-order valence-corrected chi connectivity index (χ3v) is 3.20. The molecule has 0 amide bonds. The fourth-order valence-corrected chi connectivity index (χ4v) is 1.92. The zero-order valence-corrected chi connectivity index (χ0v) is 12.0. The molecule has 0 aliphatic rings. The Morgan fingerprint density at radius 1 is 1.25 bits per heavy atom. The number of hydrogen-bond acceptors (Lipinski definition) is 2. The first-order valence-corrected chi connectivity index (χ1v) is 6.53. The van der Waals surface area contributed by atoms with Gasteiger partial charge in [0, 0.05) is 5.02 Å². The molecule has 0 heterocycles. The lowest BCUT2D eigenvalue weighted by atomic mass is 10.1. The molecule has 0 saturated carbocycles. The van der Waals surface area contributed by atoms with Crippen LogP contribution >= 0.6 is 11.6 Å². The molecule has 0 aromatic heterocycles. The van der Waals surface area contributed by atoms with E-state index in [-0.39, 0.29) is 11.3 Å². The van der Waals surface area contributed by atoms with Crippen molar-refractivity contribution in [2.24, 2.45) is 0 Å². The van der Waals surface area contributed by atoms with Crippen LogP contribution in [0.4, 0.5) is 4.39 Å². The van der Waals surface area contributed by atoms with Crippen molar-refractivity contribution in [3.63, 3.8) is 0 Å². The van der Waals surface area contributed by atoms with Gasteiger partial charge in [-0.15, -0.1) is 0 Å². The molecule has 0 bridgehead atoms. The lowest BCUT2D eigenvalue weighted by molar-refractivity contribution is 0.101. The van der Waals surface area contributed by atoms with E-state index in [1.165, 1.54) is 13.0 Å². The molecule has 0 radical (unpaired) electrons. The highest BCUT2D eigenvalue weighted by Gasteiger charge is 2.12. The Balaban J connectivity index is 2.22. The van der Waals surface area contributed by atoms with E-state index in [2.05, 4.69) is 0 Å². The van der Waals surface area contributed by atoms with Crippen LogP contribution in [0, 0.1) is 12.7 Å². The summed E-state index contributed by atoms with van der Waals surface area (Å²) in [5.41, 5.74) is 1.62. The summed E-state index contributed by atoms with van der Waals surface area (Å²) in [6, 6.07) is 9.97. The van der Waals surface area contributed by atoms with Crippen LogP contribution in [-0.2, 0) is 6.61 Å². The number of ether oxygens (including phenoxy) is 1. The van der Waals surface area contributed by atoms with Crippen LogP contribution in [0.15, 0.2) is 36.4 Å². The highest BCUT2D eigenvalue weighted by Crippen LogP contribution is 2.24. The number of halogens is 2. The summed E-state index contributed by atoms with van der Waals surface area (Å²) in [4.78, 5) is 11.5. The van der Waals surface area contributed by atoms with Crippen LogP contribution in [0.25, 0.3) is 0 Å². The van der Waals surface area contributed by atoms with Crippen LogP contribution in [0.2, 0.25) is 5.02 Å². The van der Waals surface area contributed by atoms with Crippen molar-refractivity contribution < 1.29 is 13.9 Å². The second-order valence-electron chi connectivity index (χ2n) is 4.57. The third kappa shape index (κ3) is 3.36. The molecular weight excluding hydrogens is 279 g/mol. The zero-order chi connectivity index (χ0) is 14.7. The van der Waals surface area contributed by atoms with Crippen molar-refractivity contribution in [2.45, 2.75) is 20.5 Å². The maximum atomic E-state index is 13.5. The molecule has 0 aliphatic carbocycles. The Bertz CT molecular complexity index is 636. The smallest absolute Gasteiger partial charge is 0.163 e. The van der Waals surface area contributed by atoms with Gasteiger partial charge in [-0.1, -0.05) is 23.7 Å². The van der Waals surface area contributed by atoms with Crippen LogP contribution in [0.5, 0.6) is 5.75 Å². The van der Waals surface area contributed by atoms with E-state index in [1.807, 2.05) is 12.1 Å². The second kappa shape index (κ2) is 6.06. The van der Waals surface area contributed by atoms with Gasteiger partial charge in [-0.3, -0.25) is 4.79 Å². The molecule has 0 fully saturated rings. The summed E-state index contributed by atoms with van der Waals surface area (Å²) >= 11 is 5.81. The van der Waals surface area contributed by atoms with Crippen molar-refractivity contribution in [3.8, 4) is 5.75 Å². The molecule has 0 atom stereocenters. The van der Waals surface area contributed by atoms with Gasteiger partial charge in [0.2, 0.25) is 0 Å². The Labute approximate surface area is 122 Å². The van der Waals surface area contributed by atoms with Gasteiger partial charge in [-0.25, -0.2) is 4.39 Å². The lowest BCUT2D eigenvalue weighted by Crippen LogP contribution is -2.03. The number of rotatable bonds is 4. The van der Waals surface area contributed by atoms with Crippen molar-refractivity contribution in [3.05, 3.63) is 63.9 Å². The SMILES string of the molecule is CC(=O)c1cc(F)c(C)cc1OCc1ccc(Cl)cc1. The first-order valence-electron chi connectivity index (χ1n) is 6.15. The number of carbonyl (C=O) groups is 1. The van der Waals surface area contributed by atoms with Gasteiger partial charge in [0.1, 0.15) is 18.2 Å². The van der Waals surface area contributed by atoms with Gasteiger partial charge in [-0.05, 0) is 49.2 Å². The monoisotopic (exact) mass is 292 g/mol. The Morgan fingerprint density at radius 3 is 2.50 bits per heavy atom. The molecule has 0 aliphatic heterocycles. The number of benzene rings is 2. The molecule has 2 aromatic rings. The predicted molar refractivity (Wildman–Crippen MR) is 76.9 cm³/mol. The number of hydrogen-bond donors (Lipinski definition) is 0. The average Bonchev–Trinajstić information content (AvgIpc) is 2.41. The van der Waals surface area contributed by atoms with Crippen molar-refractivity contribution in [1.82, 2.24) is 0 Å². The quantitative estimate of drug-likeness (QED) is 0.772. The van der Waals surface area contributed by atoms with Gasteiger partial charge in [-0.2, -0.15) is 0 Å². The van der Waals surface area contributed by atoms with Crippen LogP contribution in [-0.4, -0.2) is 5.78 Å². The van der Waals surface area contributed by atoms with E-state index in [0.29, 0.717) is 22.9 Å². The molecule has 104 valence electrons. The standard InChI is InChI=1S/C16H14ClFO2/c1-10-7-16(14(11(2)19)8-15(10)18)20-9-12-3-5-13(17)6-4-12/h3-8H,9H2,1-2H3. The van der Waals surface area contributed by atoms with Gasteiger partial charge in [0.05, 0.1) is 5.56 Å². The molecule has 2 nitrogen and oxygen atoms in total. The number of ketones is 1. The highest BCUT2D eigenvalue weighted by atomic mass is 35.5. The fourth-order valence-electron chi connectivity index (χ4n) is 1.79. The van der Waals surface area contributed by atoms with Gasteiger partial charge >= 0.3 is 0 Å². The van der Waals surface area contributed by atoms with E-state index in [9.17, 15) is 9.18 Å². The van der Waals surface area contributed by atoms with Gasteiger partial charge in [0.25, 0.3) is 0 Å². The van der Waals surface area contributed by atoms with E-state index in [0.717, 1.165) is 5.56 Å². The molecule has 2 aromatic carbocycles. The van der Waals surface area contributed by atoms with E-state index < -0.39 is 5.82 Å². The molecule has 4 heteroatoms.